The lowest BCUT2D eigenvalue weighted by Crippen LogP contribution is -2.28. The van der Waals surface area contributed by atoms with Gasteiger partial charge in [-0.25, -0.2) is 8.42 Å². The van der Waals surface area contributed by atoms with Crippen molar-refractivity contribution in [2.24, 2.45) is 0 Å². The zero-order valence-corrected chi connectivity index (χ0v) is 15.3. The van der Waals surface area contributed by atoms with Crippen LogP contribution in [0.15, 0.2) is 39.6 Å². The molecule has 0 unspecified atom stereocenters. The van der Waals surface area contributed by atoms with Crippen LogP contribution in [0, 0.1) is 6.92 Å². The molecule has 3 N–H and O–H groups in total. The van der Waals surface area contributed by atoms with Crippen LogP contribution < -0.4 is 11.1 Å². The monoisotopic (exact) mass is 385 g/mol. The Kier molecular flexibility index (Phi) is 5.76. The highest BCUT2D eigenvalue weighted by atomic mass is 35.5. The lowest BCUT2D eigenvalue weighted by atomic mass is 10.2. The van der Waals surface area contributed by atoms with Crippen molar-refractivity contribution < 1.29 is 17.6 Å². The summed E-state index contributed by atoms with van der Waals surface area (Å²) in [7, 11) is -3.63. The van der Waals surface area contributed by atoms with Crippen molar-refractivity contribution >= 4 is 39.7 Å². The molecule has 2 aromatic rings. The Morgan fingerprint density at radius 3 is 2.52 bits per heavy atom. The lowest BCUT2D eigenvalue weighted by molar-refractivity contribution is 0.0995. The van der Waals surface area contributed by atoms with Crippen LogP contribution in [0.4, 0.5) is 11.4 Å². The van der Waals surface area contributed by atoms with Gasteiger partial charge in [0.15, 0.2) is 5.76 Å². The second-order valence-electron chi connectivity index (χ2n) is 5.68. The van der Waals surface area contributed by atoms with Gasteiger partial charge < -0.3 is 15.5 Å². The predicted octanol–water partition coefficient (Wildman–Crippen LogP) is 2.63. The quantitative estimate of drug-likeness (QED) is 0.787. The number of rotatable bonds is 4. The molecule has 1 amide bonds. The van der Waals surface area contributed by atoms with Crippen LogP contribution in [0.25, 0.3) is 0 Å². The number of carbonyl (C=O) groups is 1. The number of nitrogens with one attached hydrogen (secondary N) is 1. The Balaban J connectivity index is 0.00000225. The van der Waals surface area contributed by atoms with Crippen LogP contribution in [0.1, 0.15) is 29.2 Å². The first kappa shape index (κ1) is 19.3. The molecule has 0 radical (unpaired) electrons. The number of para-hydroxylation sites is 2. The normalized spacial score (nSPS) is 14.9. The maximum atomic E-state index is 12.6. The first-order chi connectivity index (χ1) is 11.4. The molecule has 0 saturated carbocycles. The molecular weight excluding hydrogens is 366 g/mol. The predicted molar refractivity (Wildman–Crippen MR) is 97.5 cm³/mol. The smallest absolute Gasteiger partial charge is 0.291 e. The zero-order valence-electron chi connectivity index (χ0n) is 13.7. The van der Waals surface area contributed by atoms with Crippen molar-refractivity contribution in [3.8, 4) is 0 Å². The number of carbonyl (C=O) groups excluding carboxylic acids is 1. The Bertz CT molecular complexity index is 873. The number of nitrogen functional groups attached to an aromatic ring is 1. The highest BCUT2D eigenvalue weighted by molar-refractivity contribution is 7.89. The Morgan fingerprint density at radius 1 is 1.24 bits per heavy atom. The van der Waals surface area contributed by atoms with E-state index in [1.165, 1.54) is 17.3 Å². The molecule has 7 nitrogen and oxygen atoms in total. The minimum absolute atomic E-state index is 0. The molecule has 1 aliphatic rings. The molecule has 1 fully saturated rings. The van der Waals surface area contributed by atoms with E-state index in [0.717, 1.165) is 12.8 Å². The molecule has 0 atom stereocenters. The number of amides is 1. The molecule has 3 rings (SSSR count). The van der Waals surface area contributed by atoms with E-state index in [-0.39, 0.29) is 28.8 Å². The molecule has 1 saturated heterocycles. The van der Waals surface area contributed by atoms with Crippen molar-refractivity contribution in [3.63, 3.8) is 0 Å². The number of nitrogens with two attached hydrogens (primary N) is 1. The Hall–Kier alpha value is -2.03. The zero-order chi connectivity index (χ0) is 17.3. The van der Waals surface area contributed by atoms with Gasteiger partial charge in [0.1, 0.15) is 10.7 Å². The Morgan fingerprint density at radius 2 is 1.88 bits per heavy atom. The third-order valence-corrected chi connectivity index (χ3v) is 5.99. The second-order valence-corrected chi connectivity index (χ2v) is 7.59. The summed E-state index contributed by atoms with van der Waals surface area (Å²) in [6.07, 6.45) is 1.69. The number of benzene rings is 1. The van der Waals surface area contributed by atoms with Gasteiger partial charge in [0.05, 0.1) is 11.4 Å². The molecule has 136 valence electrons. The van der Waals surface area contributed by atoms with Gasteiger partial charge >= 0.3 is 0 Å². The highest BCUT2D eigenvalue weighted by Crippen LogP contribution is 2.27. The van der Waals surface area contributed by atoms with E-state index in [4.69, 9.17) is 10.2 Å². The SMILES string of the molecule is Cc1oc(C(=O)Nc2ccccc2N)cc1S(=O)(=O)N1CCCC1.Cl. The summed E-state index contributed by atoms with van der Waals surface area (Å²) in [5.41, 5.74) is 6.65. The maximum Gasteiger partial charge on any atom is 0.291 e. The minimum Gasteiger partial charge on any atom is -0.455 e. The summed E-state index contributed by atoms with van der Waals surface area (Å²) in [6, 6.07) is 8.08. The molecule has 0 bridgehead atoms. The van der Waals surface area contributed by atoms with Crippen LogP contribution in [-0.2, 0) is 10.0 Å². The van der Waals surface area contributed by atoms with E-state index in [1.807, 2.05) is 0 Å². The van der Waals surface area contributed by atoms with E-state index in [9.17, 15) is 13.2 Å². The van der Waals surface area contributed by atoms with Crippen molar-refractivity contribution in [2.45, 2.75) is 24.7 Å². The van der Waals surface area contributed by atoms with E-state index < -0.39 is 15.9 Å². The molecule has 1 aromatic heterocycles. The largest absolute Gasteiger partial charge is 0.455 e. The summed E-state index contributed by atoms with van der Waals surface area (Å²) >= 11 is 0. The number of sulfonamides is 1. The number of hydrogen-bond donors (Lipinski definition) is 2. The molecule has 25 heavy (non-hydrogen) atoms. The average molecular weight is 386 g/mol. The average Bonchev–Trinajstić information content (AvgIpc) is 3.19. The van der Waals surface area contributed by atoms with E-state index in [0.29, 0.717) is 24.5 Å². The Labute approximate surface area is 152 Å². The van der Waals surface area contributed by atoms with Gasteiger partial charge in [0, 0.05) is 19.2 Å². The van der Waals surface area contributed by atoms with Crippen LogP contribution in [0.2, 0.25) is 0 Å². The fraction of sp³-hybridized carbons (Fsp3) is 0.312. The maximum absolute atomic E-state index is 12.6. The molecular formula is C16H20ClN3O4S. The standard InChI is InChI=1S/C16H19N3O4S.ClH/c1-11-15(24(21,22)19-8-4-5-9-19)10-14(23-11)16(20)18-13-7-3-2-6-12(13)17;/h2-3,6-7,10H,4-5,8-9,17H2,1H3,(H,18,20);1H. The summed E-state index contributed by atoms with van der Waals surface area (Å²) in [4.78, 5) is 12.3. The summed E-state index contributed by atoms with van der Waals surface area (Å²) in [6.45, 7) is 2.53. The summed E-state index contributed by atoms with van der Waals surface area (Å²) in [5, 5.41) is 2.62. The van der Waals surface area contributed by atoms with Gasteiger partial charge in [-0.15, -0.1) is 12.4 Å². The van der Waals surface area contributed by atoms with E-state index in [1.54, 1.807) is 24.3 Å². The molecule has 2 heterocycles. The molecule has 1 aromatic carbocycles. The second kappa shape index (κ2) is 7.47. The third kappa shape index (κ3) is 3.81. The number of furan rings is 1. The fourth-order valence-electron chi connectivity index (χ4n) is 2.70. The van der Waals surface area contributed by atoms with Crippen LogP contribution in [0.5, 0.6) is 0 Å². The summed E-state index contributed by atoms with van der Waals surface area (Å²) < 4.78 is 32.0. The topological polar surface area (TPSA) is 106 Å². The van der Waals surface area contributed by atoms with Crippen LogP contribution in [0.3, 0.4) is 0 Å². The molecule has 9 heteroatoms. The van der Waals surface area contributed by atoms with Crippen molar-refractivity contribution in [1.82, 2.24) is 4.31 Å². The van der Waals surface area contributed by atoms with Gasteiger partial charge in [0.25, 0.3) is 5.91 Å². The number of halogens is 1. The molecule has 1 aliphatic heterocycles. The van der Waals surface area contributed by atoms with Gasteiger partial charge in [0.2, 0.25) is 10.0 Å². The first-order valence-electron chi connectivity index (χ1n) is 7.66. The van der Waals surface area contributed by atoms with Gasteiger partial charge in [-0.05, 0) is 31.9 Å². The van der Waals surface area contributed by atoms with E-state index >= 15 is 0 Å². The van der Waals surface area contributed by atoms with Crippen LogP contribution >= 0.6 is 12.4 Å². The third-order valence-electron chi connectivity index (χ3n) is 3.99. The molecule has 0 aliphatic carbocycles. The van der Waals surface area contributed by atoms with Crippen molar-refractivity contribution in [2.75, 3.05) is 24.1 Å². The lowest BCUT2D eigenvalue weighted by Gasteiger charge is -2.14. The van der Waals surface area contributed by atoms with Crippen LogP contribution in [-0.4, -0.2) is 31.7 Å². The van der Waals surface area contributed by atoms with Gasteiger partial charge in [-0.3, -0.25) is 4.79 Å². The van der Waals surface area contributed by atoms with Gasteiger partial charge in [-0.1, -0.05) is 12.1 Å². The number of anilines is 2. The summed E-state index contributed by atoms with van der Waals surface area (Å²) in [5.74, 6) is -0.402. The highest BCUT2D eigenvalue weighted by Gasteiger charge is 2.31. The molecule has 0 spiro atoms. The number of hydrogen-bond acceptors (Lipinski definition) is 5. The van der Waals surface area contributed by atoms with Crippen molar-refractivity contribution in [1.29, 1.82) is 0 Å². The van der Waals surface area contributed by atoms with E-state index in [2.05, 4.69) is 5.32 Å². The number of nitrogens with zero attached hydrogens (tertiary/aromatic N) is 1. The minimum atomic E-state index is -3.63. The van der Waals surface area contributed by atoms with Gasteiger partial charge in [-0.2, -0.15) is 4.31 Å². The van der Waals surface area contributed by atoms with Crippen molar-refractivity contribution in [3.05, 3.63) is 41.9 Å². The fourth-order valence-corrected chi connectivity index (χ4v) is 4.37. The first-order valence-corrected chi connectivity index (χ1v) is 9.10. The number of aryl methyl sites for hydroxylation is 1.